The zero-order valence-electron chi connectivity index (χ0n) is 9.10. The highest BCUT2D eigenvalue weighted by molar-refractivity contribution is 9.05. The summed E-state index contributed by atoms with van der Waals surface area (Å²) in [7, 11) is 3.29. The molecule has 0 N–H and O–H groups in total. The van der Waals surface area contributed by atoms with Gasteiger partial charge in [-0.05, 0) is 22.2 Å². The number of hydrogen-bond donors (Lipinski definition) is 1. The summed E-state index contributed by atoms with van der Waals surface area (Å²) in [5.74, 6) is 0.479. The van der Waals surface area contributed by atoms with E-state index >= 15 is 0 Å². The molecule has 0 saturated carbocycles. The van der Waals surface area contributed by atoms with E-state index in [1.165, 1.54) is 14.8 Å². The van der Waals surface area contributed by atoms with Crippen LogP contribution in [0.4, 0.5) is 0 Å². The number of rotatable bonds is 5. The van der Waals surface area contributed by atoms with Gasteiger partial charge < -0.3 is 0 Å². The molecule has 17 heavy (non-hydrogen) atoms. The van der Waals surface area contributed by atoms with Gasteiger partial charge in [-0.15, -0.1) is 11.3 Å². The summed E-state index contributed by atoms with van der Waals surface area (Å²) in [5, 5.41) is 3.64. The van der Waals surface area contributed by atoms with Crippen LogP contribution in [0.5, 0.6) is 0 Å². The van der Waals surface area contributed by atoms with E-state index in [0.717, 1.165) is 6.42 Å². The lowest BCUT2D eigenvalue weighted by Crippen LogP contribution is -2.00. The molecule has 0 aliphatic heterocycles. The van der Waals surface area contributed by atoms with Gasteiger partial charge >= 0.3 is 0 Å². The van der Waals surface area contributed by atoms with Gasteiger partial charge in [-0.2, -0.15) is 0 Å². The van der Waals surface area contributed by atoms with Crippen LogP contribution >= 0.6 is 43.6 Å². The number of hydrogen-bond acceptors (Lipinski definition) is 5. The van der Waals surface area contributed by atoms with E-state index in [-0.39, 0.29) is 0 Å². The second-order valence-electron chi connectivity index (χ2n) is 3.58. The molecule has 0 bridgehead atoms. The van der Waals surface area contributed by atoms with Crippen molar-refractivity contribution in [2.75, 3.05) is 0 Å². The molecule has 0 saturated heterocycles. The maximum atomic E-state index is 4.41. The number of allylic oxidation sites excluding steroid dienone is 6. The summed E-state index contributed by atoms with van der Waals surface area (Å²) in [6.07, 6.45) is 15.8. The summed E-state index contributed by atoms with van der Waals surface area (Å²) in [5.41, 5.74) is 0. The maximum Gasteiger partial charge on any atom is 0.106 e. The molecule has 1 unspecified atom stereocenters. The van der Waals surface area contributed by atoms with E-state index in [2.05, 4.69) is 53.1 Å². The second-order valence-corrected chi connectivity index (χ2v) is 7.79. The van der Waals surface area contributed by atoms with Crippen molar-refractivity contribution < 1.29 is 0 Å². The van der Waals surface area contributed by atoms with Crippen molar-refractivity contribution in [1.29, 1.82) is 0 Å². The highest BCUT2D eigenvalue weighted by Crippen LogP contribution is 2.44. The van der Waals surface area contributed by atoms with Crippen LogP contribution in [0.2, 0.25) is 0 Å². The Bertz CT molecular complexity index is 392. The fraction of sp³-hybridized carbons (Fsp3) is 0.250. The first kappa shape index (κ1) is 13.3. The molecule has 1 aliphatic rings. The van der Waals surface area contributed by atoms with Crippen LogP contribution in [-0.4, -0.2) is 4.98 Å². The number of aromatic nitrogens is 1. The van der Waals surface area contributed by atoms with Gasteiger partial charge in [0.2, 0.25) is 0 Å². The standard InChI is InChI=1S/C12H13NS4/c14-17-16-11(12-13-7-8-15-12)9-10-5-3-1-2-4-6-10/h1-8,10-11,14H,9H2. The van der Waals surface area contributed by atoms with Gasteiger partial charge in [-0.3, -0.25) is 0 Å². The highest BCUT2D eigenvalue weighted by atomic mass is 33.5. The first-order valence-electron chi connectivity index (χ1n) is 5.28. The quantitative estimate of drug-likeness (QED) is 0.600. The smallest absolute Gasteiger partial charge is 0.106 e. The minimum Gasteiger partial charge on any atom is -0.248 e. The van der Waals surface area contributed by atoms with Crippen molar-refractivity contribution in [2.24, 2.45) is 5.92 Å². The van der Waals surface area contributed by atoms with E-state index in [1.807, 2.05) is 11.6 Å². The minimum absolute atomic E-state index is 0.412. The van der Waals surface area contributed by atoms with Crippen LogP contribution in [0.3, 0.4) is 0 Å². The predicted octanol–water partition coefficient (Wildman–Crippen LogP) is 5.10. The second kappa shape index (κ2) is 7.36. The third-order valence-corrected chi connectivity index (χ3v) is 5.92. The van der Waals surface area contributed by atoms with Crippen molar-refractivity contribution in [3.8, 4) is 0 Å². The maximum absolute atomic E-state index is 4.41. The lowest BCUT2D eigenvalue weighted by atomic mass is 10.0. The van der Waals surface area contributed by atoms with Crippen molar-refractivity contribution in [2.45, 2.75) is 11.7 Å². The van der Waals surface area contributed by atoms with E-state index in [0.29, 0.717) is 11.2 Å². The molecule has 1 nitrogen and oxygen atoms in total. The number of nitrogens with zero attached hydrogens (tertiary/aromatic N) is 1. The summed E-state index contributed by atoms with van der Waals surface area (Å²) in [6, 6.07) is 0. The summed E-state index contributed by atoms with van der Waals surface area (Å²) >= 11 is 5.96. The van der Waals surface area contributed by atoms with Gasteiger partial charge in [0.25, 0.3) is 0 Å². The normalized spacial score (nSPS) is 17.2. The topological polar surface area (TPSA) is 12.9 Å². The van der Waals surface area contributed by atoms with Crippen molar-refractivity contribution in [3.05, 3.63) is 53.0 Å². The first-order valence-corrected chi connectivity index (χ1v) is 9.42. The molecule has 0 amide bonds. The van der Waals surface area contributed by atoms with Gasteiger partial charge in [-0.25, -0.2) is 4.98 Å². The molecule has 0 aromatic carbocycles. The zero-order chi connectivity index (χ0) is 11.9. The SMILES string of the molecule is SSSC(CC1C=CC=CC=C1)c1nccs1. The Morgan fingerprint density at radius 1 is 1.29 bits per heavy atom. The van der Waals surface area contributed by atoms with Crippen molar-refractivity contribution >= 4 is 43.6 Å². The number of thiol groups is 1. The Balaban J connectivity index is 2.03. The number of thiazole rings is 1. The van der Waals surface area contributed by atoms with Crippen molar-refractivity contribution in [1.82, 2.24) is 4.98 Å². The highest BCUT2D eigenvalue weighted by Gasteiger charge is 2.18. The molecule has 5 heteroatoms. The van der Waals surface area contributed by atoms with Gasteiger partial charge in [0.15, 0.2) is 0 Å². The van der Waals surface area contributed by atoms with E-state index in [4.69, 9.17) is 0 Å². The molecular weight excluding hydrogens is 286 g/mol. The molecule has 0 radical (unpaired) electrons. The molecule has 1 atom stereocenters. The molecule has 0 spiro atoms. The van der Waals surface area contributed by atoms with Gasteiger partial charge in [0, 0.05) is 11.6 Å². The van der Waals surface area contributed by atoms with E-state index in [1.54, 1.807) is 22.1 Å². The third-order valence-electron chi connectivity index (χ3n) is 2.42. The summed E-state index contributed by atoms with van der Waals surface area (Å²) in [6.45, 7) is 0. The molecule has 1 aromatic heterocycles. The Morgan fingerprint density at radius 2 is 2.06 bits per heavy atom. The average Bonchev–Trinajstić information content (AvgIpc) is 2.75. The molecule has 0 fully saturated rings. The molecule has 2 rings (SSSR count). The summed E-state index contributed by atoms with van der Waals surface area (Å²) in [4.78, 5) is 4.41. The van der Waals surface area contributed by atoms with Crippen LogP contribution in [0.15, 0.2) is 48.0 Å². The Morgan fingerprint density at radius 3 is 2.65 bits per heavy atom. The van der Waals surface area contributed by atoms with Gasteiger partial charge in [0.1, 0.15) is 5.01 Å². The minimum atomic E-state index is 0.412. The molecule has 1 aliphatic carbocycles. The lowest BCUT2D eigenvalue weighted by Gasteiger charge is -2.15. The molecular formula is C12H13NS4. The Hall–Kier alpha value is -0.100. The molecule has 90 valence electrons. The molecule has 1 heterocycles. The summed E-state index contributed by atoms with van der Waals surface area (Å²) < 4.78 is 0. The monoisotopic (exact) mass is 299 g/mol. The van der Waals surface area contributed by atoms with Gasteiger partial charge in [-0.1, -0.05) is 58.9 Å². The zero-order valence-corrected chi connectivity index (χ0v) is 12.4. The average molecular weight is 300 g/mol. The van der Waals surface area contributed by atoms with Crippen LogP contribution in [0.25, 0.3) is 0 Å². The first-order chi connectivity index (χ1) is 8.40. The van der Waals surface area contributed by atoms with Crippen LogP contribution in [-0.2, 0) is 0 Å². The van der Waals surface area contributed by atoms with Crippen LogP contribution < -0.4 is 0 Å². The third kappa shape index (κ3) is 4.25. The largest absolute Gasteiger partial charge is 0.248 e. The Kier molecular flexibility index (Phi) is 5.77. The lowest BCUT2D eigenvalue weighted by molar-refractivity contribution is 0.696. The Labute approximate surface area is 119 Å². The van der Waals surface area contributed by atoms with Crippen LogP contribution in [0, 0.1) is 5.92 Å². The molecule has 1 aromatic rings. The van der Waals surface area contributed by atoms with Crippen molar-refractivity contribution in [3.63, 3.8) is 0 Å². The predicted molar refractivity (Wildman–Crippen MR) is 84.6 cm³/mol. The van der Waals surface area contributed by atoms with E-state index < -0.39 is 0 Å². The van der Waals surface area contributed by atoms with E-state index in [9.17, 15) is 0 Å². The fourth-order valence-electron chi connectivity index (χ4n) is 1.64. The van der Waals surface area contributed by atoms with Crippen LogP contribution in [0.1, 0.15) is 16.7 Å². The fourth-order valence-corrected chi connectivity index (χ4v) is 5.07. The van der Waals surface area contributed by atoms with Gasteiger partial charge in [0.05, 0.1) is 5.25 Å².